The van der Waals surface area contributed by atoms with Crippen LogP contribution in [0.2, 0.25) is 0 Å². The average Bonchev–Trinajstić information content (AvgIpc) is 2.94. The first-order valence-corrected chi connectivity index (χ1v) is 7.41. The molecule has 0 radical (unpaired) electrons. The molecule has 2 aromatic rings. The largest absolute Gasteiger partial charge is 0.494 e. The molecule has 1 unspecified atom stereocenters. The molecule has 0 spiro atoms. The molecule has 0 aliphatic carbocycles. The number of nitrogens with zero attached hydrogens (tertiary/aromatic N) is 2. The van der Waals surface area contributed by atoms with Gasteiger partial charge in [-0.25, -0.2) is 4.39 Å². The zero-order valence-corrected chi connectivity index (χ0v) is 12.6. The van der Waals surface area contributed by atoms with Gasteiger partial charge in [-0.2, -0.15) is 0 Å². The minimum absolute atomic E-state index is 0.203. The highest BCUT2D eigenvalue weighted by Crippen LogP contribution is 2.30. The number of benzene rings is 1. The van der Waals surface area contributed by atoms with E-state index < -0.39 is 0 Å². The van der Waals surface area contributed by atoms with Crippen LogP contribution in [0.5, 0.6) is 5.75 Å². The Kier molecular flexibility index (Phi) is 5.03. The standard InChI is InChI=1S/C14H18FN3OS/c1-4-11(16-5-2)14-18-17-13(20-14)9-6-7-12(19-3)10(15)8-9/h6-8,11,16H,4-5H2,1-3H3. The number of nitrogens with one attached hydrogen (secondary N) is 1. The van der Waals surface area contributed by atoms with Crippen LogP contribution < -0.4 is 10.1 Å². The second kappa shape index (κ2) is 6.76. The maximum Gasteiger partial charge on any atom is 0.165 e. The summed E-state index contributed by atoms with van der Waals surface area (Å²) in [5, 5.41) is 13.4. The van der Waals surface area contributed by atoms with E-state index >= 15 is 0 Å². The molecule has 20 heavy (non-hydrogen) atoms. The lowest BCUT2D eigenvalue weighted by molar-refractivity contribution is 0.386. The minimum atomic E-state index is -0.388. The highest BCUT2D eigenvalue weighted by Gasteiger charge is 2.15. The van der Waals surface area contributed by atoms with Crippen LogP contribution in [0.15, 0.2) is 18.2 Å². The minimum Gasteiger partial charge on any atom is -0.494 e. The van der Waals surface area contributed by atoms with Gasteiger partial charge in [-0.05, 0) is 31.2 Å². The average molecular weight is 295 g/mol. The van der Waals surface area contributed by atoms with Gasteiger partial charge >= 0.3 is 0 Å². The molecular formula is C14H18FN3OS. The van der Waals surface area contributed by atoms with Crippen LogP contribution in [-0.2, 0) is 0 Å². The molecule has 0 aliphatic heterocycles. The Hall–Kier alpha value is -1.53. The lowest BCUT2D eigenvalue weighted by Crippen LogP contribution is -2.19. The highest BCUT2D eigenvalue weighted by atomic mass is 32.1. The molecule has 1 atom stereocenters. The number of ether oxygens (including phenoxy) is 1. The Bertz CT molecular complexity index is 573. The number of aromatic nitrogens is 2. The second-order valence-corrected chi connectivity index (χ2v) is 5.32. The molecule has 0 saturated heterocycles. The molecule has 0 amide bonds. The quantitative estimate of drug-likeness (QED) is 0.887. The number of halogens is 1. The van der Waals surface area contributed by atoms with Crippen LogP contribution in [-0.4, -0.2) is 23.9 Å². The summed E-state index contributed by atoms with van der Waals surface area (Å²) in [5.74, 6) is -0.155. The van der Waals surface area contributed by atoms with E-state index in [2.05, 4.69) is 29.4 Å². The van der Waals surface area contributed by atoms with E-state index in [0.29, 0.717) is 0 Å². The number of rotatable bonds is 6. The third-order valence-electron chi connectivity index (χ3n) is 3.00. The van der Waals surface area contributed by atoms with Gasteiger partial charge in [0.1, 0.15) is 10.0 Å². The summed E-state index contributed by atoms with van der Waals surface area (Å²) in [4.78, 5) is 0. The third-order valence-corrected chi connectivity index (χ3v) is 4.08. The van der Waals surface area contributed by atoms with Crippen LogP contribution >= 0.6 is 11.3 Å². The first kappa shape index (κ1) is 14.9. The Morgan fingerprint density at radius 2 is 2.15 bits per heavy atom. The fraction of sp³-hybridized carbons (Fsp3) is 0.429. The van der Waals surface area contributed by atoms with E-state index in [-0.39, 0.29) is 17.6 Å². The van der Waals surface area contributed by atoms with Crippen molar-refractivity contribution < 1.29 is 9.13 Å². The number of hydrogen-bond donors (Lipinski definition) is 1. The maximum atomic E-state index is 13.7. The highest BCUT2D eigenvalue weighted by molar-refractivity contribution is 7.14. The number of hydrogen-bond acceptors (Lipinski definition) is 5. The van der Waals surface area contributed by atoms with Gasteiger partial charge in [0.25, 0.3) is 0 Å². The Balaban J connectivity index is 2.26. The normalized spacial score (nSPS) is 12.4. The van der Waals surface area contributed by atoms with Gasteiger partial charge in [0.2, 0.25) is 0 Å². The van der Waals surface area contributed by atoms with Crippen molar-refractivity contribution in [3.63, 3.8) is 0 Å². The van der Waals surface area contributed by atoms with E-state index in [1.807, 2.05) is 0 Å². The van der Waals surface area contributed by atoms with Crippen molar-refractivity contribution in [3.8, 4) is 16.3 Å². The Morgan fingerprint density at radius 1 is 1.35 bits per heavy atom. The first-order valence-electron chi connectivity index (χ1n) is 6.60. The molecule has 0 aliphatic rings. The molecular weight excluding hydrogens is 277 g/mol. The van der Waals surface area contributed by atoms with Crippen molar-refractivity contribution in [1.82, 2.24) is 15.5 Å². The molecule has 1 aromatic heterocycles. The fourth-order valence-corrected chi connectivity index (χ4v) is 2.94. The van der Waals surface area contributed by atoms with Crippen LogP contribution in [0.25, 0.3) is 10.6 Å². The Morgan fingerprint density at radius 3 is 2.75 bits per heavy atom. The lowest BCUT2D eigenvalue weighted by Gasteiger charge is -2.10. The van der Waals surface area contributed by atoms with Crippen molar-refractivity contribution >= 4 is 11.3 Å². The molecule has 4 nitrogen and oxygen atoms in total. The van der Waals surface area contributed by atoms with Crippen LogP contribution in [0, 0.1) is 5.82 Å². The topological polar surface area (TPSA) is 47.0 Å². The van der Waals surface area contributed by atoms with Gasteiger partial charge in [-0.3, -0.25) is 0 Å². The Labute approximate surface area is 122 Å². The molecule has 2 rings (SSSR count). The van der Waals surface area contributed by atoms with E-state index in [1.165, 1.54) is 24.5 Å². The summed E-state index contributed by atoms with van der Waals surface area (Å²) in [6.07, 6.45) is 0.944. The summed E-state index contributed by atoms with van der Waals surface area (Å²) in [6, 6.07) is 5.03. The van der Waals surface area contributed by atoms with Gasteiger partial charge in [0, 0.05) is 5.56 Å². The molecule has 1 aromatic carbocycles. The van der Waals surface area contributed by atoms with Crippen molar-refractivity contribution in [1.29, 1.82) is 0 Å². The summed E-state index contributed by atoms with van der Waals surface area (Å²) < 4.78 is 18.6. The second-order valence-electron chi connectivity index (χ2n) is 4.31. The zero-order chi connectivity index (χ0) is 14.5. The molecule has 1 heterocycles. The van der Waals surface area contributed by atoms with Gasteiger partial charge in [0.05, 0.1) is 13.2 Å². The van der Waals surface area contributed by atoms with Crippen LogP contribution in [0.4, 0.5) is 4.39 Å². The molecule has 6 heteroatoms. The first-order chi connectivity index (χ1) is 9.69. The molecule has 108 valence electrons. The van der Waals surface area contributed by atoms with Gasteiger partial charge in [0.15, 0.2) is 11.6 Å². The third kappa shape index (κ3) is 3.13. The molecule has 0 bridgehead atoms. The zero-order valence-electron chi connectivity index (χ0n) is 11.8. The van der Waals surface area contributed by atoms with E-state index in [9.17, 15) is 4.39 Å². The fourth-order valence-electron chi connectivity index (χ4n) is 1.94. The molecule has 1 N–H and O–H groups in total. The van der Waals surface area contributed by atoms with Crippen molar-refractivity contribution in [3.05, 3.63) is 29.0 Å². The molecule has 0 saturated carbocycles. The lowest BCUT2D eigenvalue weighted by atomic mass is 10.2. The summed E-state index contributed by atoms with van der Waals surface area (Å²) in [5.41, 5.74) is 0.721. The maximum absolute atomic E-state index is 13.7. The van der Waals surface area contributed by atoms with E-state index in [1.54, 1.807) is 12.1 Å². The summed E-state index contributed by atoms with van der Waals surface area (Å²) in [7, 11) is 1.45. The predicted molar refractivity (Wildman–Crippen MR) is 78.6 cm³/mol. The van der Waals surface area contributed by atoms with E-state index in [4.69, 9.17) is 4.74 Å². The molecule has 0 fully saturated rings. The van der Waals surface area contributed by atoms with Gasteiger partial charge in [-0.1, -0.05) is 25.2 Å². The van der Waals surface area contributed by atoms with Crippen molar-refractivity contribution in [2.24, 2.45) is 0 Å². The predicted octanol–water partition coefficient (Wildman–Crippen LogP) is 3.41. The van der Waals surface area contributed by atoms with Crippen molar-refractivity contribution in [2.75, 3.05) is 13.7 Å². The summed E-state index contributed by atoms with van der Waals surface area (Å²) >= 11 is 1.49. The number of methoxy groups -OCH3 is 1. The SMILES string of the molecule is CCNC(CC)c1nnc(-c2ccc(OC)c(F)c2)s1. The van der Waals surface area contributed by atoms with Gasteiger partial charge in [-0.15, -0.1) is 10.2 Å². The van der Waals surface area contributed by atoms with E-state index in [0.717, 1.165) is 28.5 Å². The van der Waals surface area contributed by atoms with Gasteiger partial charge < -0.3 is 10.1 Å². The summed E-state index contributed by atoms with van der Waals surface area (Å²) in [6.45, 7) is 5.04. The van der Waals surface area contributed by atoms with Crippen molar-refractivity contribution in [2.45, 2.75) is 26.3 Å². The van der Waals surface area contributed by atoms with Crippen LogP contribution in [0.3, 0.4) is 0 Å². The monoisotopic (exact) mass is 295 g/mol. The smallest absolute Gasteiger partial charge is 0.165 e. The van der Waals surface area contributed by atoms with Crippen LogP contribution in [0.1, 0.15) is 31.3 Å².